The molecule has 0 aliphatic heterocycles. The van der Waals surface area contributed by atoms with Crippen molar-refractivity contribution < 1.29 is 9.53 Å². The van der Waals surface area contributed by atoms with Crippen LogP contribution in [0.25, 0.3) is 11.3 Å². The zero-order chi connectivity index (χ0) is 17.5. The van der Waals surface area contributed by atoms with Gasteiger partial charge in [-0.25, -0.2) is 0 Å². The Kier molecular flexibility index (Phi) is 6.41. The highest BCUT2D eigenvalue weighted by Crippen LogP contribution is 2.23. The Morgan fingerprint density at radius 2 is 1.75 bits per heavy atom. The number of hydrogen-bond acceptors (Lipinski definition) is 3. The van der Waals surface area contributed by atoms with Crippen LogP contribution in [0.2, 0.25) is 0 Å². The van der Waals surface area contributed by atoms with Crippen molar-refractivity contribution in [3.8, 4) is 17.0 Å². The molecule has 130 valence electrons. The molecule has 1 aromatic carbocycles. The van der Waals surface area contributed by atoms with Crippen LogP contribution in [0.4, 0.5) is 0 Å². The van der Waals surface area contributed by atoms with Gasteiger partial charge in [0, 0.05) is 25.2 Å². The van der Waals surface area contributed by atoms with Crippen LogP contribution >= 0.6 is 0 Å². The monoisotopic (exact) mass is 329 g/mol. The predicted molar refractivity (Wildman–Crippen MR) is 96.4 cm³/mol. The molecule has 1 aromatic heterocycles. The van der Waals surface area contributed by atoms with E-state index in [2.05, 4.69) is 18.9 Å². The van der Waals surface area contributed by atoms with Crippen LogP contribution in [0, 0.1) is 0 Å². The molecular formula is C19H27N3O2. The first-order valence-electron chi connectivity index (χ1n) is 8.66. The first-order valence-corrected chi connectivity index (χ1v) is 8.66. The Balaban J connectivity index is 2.33. The maximum Gasteiger partial charge on any atom is 0.272 e. The molecular weight excluding hydrogens is 302 g/mol. The van der Waals surface area contributed by atoms with Gasteiger partial charge in [-0.15, -0.1) is 0 Å². The number of carbonyl (C=O) groups is 1. The minimum atomic E-state index is 0.0628. The van der Waals surface area contributed by atoms with Crippen molar-refractivity contribution in [3.05, 3.63) is 36.0 Å². The van der Waals surface area contributed by atoms with E-state index in [9.17, 15) is 4.79 Å². The summed E-state index contributed by atoms with van der Waals surface area (Å²) in [5.41, 5.74) is 2.45. The van der Waals surface area contributed by atoms with E-state index in [4.69, 9.17) is 4.74 Å². The summed E-state index contributed by atoms with van der Waals surface area (Å²) < 4.78 is 6.98. The fourth-order valence-electron chi connectivity index (χ4n) is 2.75. The highest BCUT2D eigenvalue weighted by atomic mass is 16.5. The highest BCUT2D eigenvalue weighted by molar-refractivity contribution is 5.93. The third-order valence-corrected chi connectivity index (χ3v) is 3.96. The van der Waals surface area contributed by atoms with Crippen molar-refractivity contribution in [2.24, 2.45) is 0 Å². The second-order valence-electron chi connectivity index (χ2n) is 5.75. The fourth-order valence-corrected chi connectivity index (χ4v) is 2.75. The Morgan fingerprint density at radius 3 is 2.25 bits per heavy atom. The second-order valence-corrected chi connectivity index (χ2v) is 5.75. The summed E-state index contributed by atoms with van der Waals surface area (Å²) in [6.07, 6.45) is 1.91. The van der Waals surface area contributed by atoms with E-state index >= 15 is 0 Å². The summed E-state index contributed by atoms with van der Waals surface area (Å²) in [4.78, 5) is 14.8. The van der Waals surface area contributed by atoms with Crippen LogP contribution in [0.15, 0.2) is 30.3 Å². The van der Waals surface area contributed by atoms with Gasteiger partial charge in [-0.05, 0) is 50.1 Å². The SMILES string of the molecule is CCCN(CCC)C(=O)c1cc(-c2ccc(OC)cc2)nn1CC. The summed E-state index contributed by atoms with van der Waals surface area (Å²) in [5.74, 6) is 0.870. The summed E-state index contributed by atoms with van der Waals surface area (Å²) >= 11 is 0. The molecule has 0 aliphatic rings. The number of aromatic nitrogens is 2. The third kappa shape index (κ3) is 3.96. The van der Waals surface area contributed by atoms with Gasteiger partial charge in [0.05, 0.1) is 12.8 Å². The number of aryl methyl sites for hydroxylation is 1. The molecule has 5 heteroatoms. The van der Waals surface area contributed by atoms with E-state index in [1.165, 1.54) is 0 Å². The van der Waals surface area contributed by atoms with Crippen LogP contribution in [0.1, 0.15) is 44.1 Å². The Labute approximate surface area is 144 Å². The van der Waals surface area contributed by atoms with Gasteiger partial charge < -0.3 is 9.64 Å². The van der Waals surface area contributed by atoms with Gasteiger partial charge in [0.25, 0.3) is 5.91 Å². The molecule has 2 aromatic rings. The van der Waals surface area contributed by atoms with Crippen LogP contribution in [-0.4, -0.2) is 40.8 Å². The summed E-state index contributed by atoms with van der Waals surface area (Å²) in [6.45, 7) is 8.42. The largest absolute Gasteiger partial charge is 0.497 e. The van der Waals surface area contributed by atoms with Gasteiger partial charge in [0.15, 0.2) is 0 Å². The molecule has 2 rings (SSSR count). The quantitative estimate of drug-likeness (QED) is 0.739. The molecule has 0 unspecified atom stereocenters. The van der Waals surface area contributed by atoms with Gasteiger partial charge in [-0.1, -0.05) is 13.8 Å². The van der Waals surface area contributed by atoms with E-state index < -0.39 is 0 Å². The minimum absolute atomic E-state index is 0.0628. The number of methoxy groups -OCH3 is 1. The fraction of sp³-hybridized carbons (Fsp3) is 0.474. The molecule has 0 saturated carbocycles. The molecule has 0 fully saturated rings. The molecule has 0 spiro atoms. The lowest BCUT2D eigenvalue weighted by Gasteiger charge is -2.21. The normalized spacial score (nSPS) is 10.7. The Bertz CT molecular complexity index is 656. The summed E-state index contributed by atoms with van der Waals surface area (Å²) in [6, 6.07) is 9.63. The van der Waals surface area contributed by atoms with Crippen LogP contribution in [-0.2, 0) is 6.54 Å². The Hall–Kier alpha value is -2.30. The standard InChI is InChI=1S/C19H27N3O2/c1-5-12-21(13-6-2)19(23)18-14-17(20-22(18)7-3)15-8-10-16(24-4)11-9-15/h8-11,14H,5-7,12-13H2,1-4H3. The van der Waals surface area contributed by atoms with Crippen molar-refractivity contribution in [2.75, 3.05) is 20.2 Å². The van der Waals surface area contributed by atoms with Gasteiger partial charge >= 0.3 is 0 Å². The third-order valence-electron chi connectivity index (χ3n) is 3.96. The minimum Gasteiger partial charge on any atom is -0.497 e. The predicted octanol–water partition coefficient (Wildman–Crippen LogP) is 3.84. The van der Waals surface area contributed by atoms with Crippen molar-refractivity contribution in [2.45, 2.75) is 40.2 Å². The molecule has 24 heavy (non-hydrogen) atoms. The number of ether oxygens (including phenoxy) is 1. The number of carbonyl (C=O) groups excluding carboxylic acids is 1. The van der Waals surface area contributed by atoms with Gasteiger partial charge in [0.1, 0.15) is 11.4 Å². The zero-order valence-electron chi connectivity index (χ0n) is 15.1. The lowest BCUT2D eigenvalue weighted by Crippen LogP contribution is -2.34. The van der Waals surface area contributed by atoms with Crippen molar-refractivity contribution in [1.82, 2.24) is 14.7 Å². The van der Waals surface area contributed by atoms with Crippen LogP contribution in [0.5, 0.6) is 5.75 Å². The summed E-state index contributed by atoms with van der Waals surface area (Å²) in [7, 11) is 1.65. The van der Waals surface area contributed by atoms with Crippen LogP contribution < -0.4 is 4.74 Å². The van der Waals surface area contributed by atoms with E-state index in [-0.39, 0.29) is 5.91 Å². The maximum absolute atomic E-state index is 12.9. The smallest absolute Gasteiger partial charge is 0.272 e. The first kappa shape index (κ1) is 18.0. The molecule has 0 radical (unpaired) electrons. The number of benzene rings is 1. The zero-order valence-corrected chi connectivity index (χ0v) is 15.1. The maximum atomic E-state index is 12.9. The second kappa shape index (κ2) is 8.52. The first-order chi connectivity index (χ1) is 11.6. The molecule has 0 N–H and O–H groups in total. The van der Waals surface area contributed by atoms with E-state index in [1.807, 2.05) is 42.2 Å². The average Bonchev–Trinajstić information content (AvgIpc) is 3.05. The lowest BCUT2D eigenvalue weighted by molar-refractivity contribution is 0.0743. The topological polar surface area (TPSA) is 47.4 Å². The average molecular weight is 329 g/mol. The van der Waals surface area contributed by atoms with Crippen molar-refractivity contribution in [3.63, 3.8) is 0 Å². The van der Waals surface area contributed by atoms with Crippen molar-refractivity contribution in [1.29, 1.82) is 0 Å². The molecule has 1 heterocycles. The number of rotatable bonds is 8. The Morgan fingerprint density at radius 1 is 1.12 bits per heavy atom. The van der Waals surface area contributed by atoms with Gasteiger partial charge in [-0.2, -0.15) is 5.10 Å². The molecule has 1 amide bonds. The number of amides is 1. The number of nitrogens with zero attached hydrogens (tertiary/aromatic N) is 3. The van der Waals surface area contributed by atoms with E-state index in [0.29, 0.717) is 12.2 Å². The van der Waals surface area contributed by atoms with E-state index in [0.717, 1.165) is 42.9 Å². The molecule has 5 nitrogen and oxygen atoms in total. The molecule has 0 saturated heterocycles. The van der Waals surface area contributed by atoms with Gasteiger partial charge in [-0.3, -0.25) is 9.48 Å². The highest BCUT2D eigenvalue weighted by Gasteiger charge is 2.20. The molecule has 0 bridgehead atoms. The summed E-state index contributed by atoms with van der Waals surface area (Å²) in [5, 5.41) is 4.61. The van der Waals surface area contributed by atoms with Crippen LogP contribution in [0.3, 0.4) is 0 Å². The van der Waals surface area contributed by atoms with Gasteiger partial charge in [0.2, 0.25) is 0 Å². The molecule has 0 aliphatic carbocycles. The lowest BCUT2D eigenvalue weighted by atomic mass is 10.1. The van der Waals surface area contributed by atoms with Crippen molar-refractivity contribution >= 4 is 5.91 Å². The van der Waals surface area contributed by atoms with E-state index in [1.54, 1.807) is 11.8 Å². The molecule has 0 atom stereocenters. The number of hydrogen-bond donors (Lipinski definition) is 0.